The first-order chi connectivity index (χ1) is 19.2. The van der Waals surface area contributed by atoms with Crippen LogP contribution in [0.4, 0.5) is 0 Å². The summed E-state index contributed by atoms with van der Waals surface area (Å²) in [6.07, 6.45) is 27.9. The standard InChI is InChI=1S/C18H30O3S.C16H33N2/c1-2-3-4-5-6-7-8-9-10-11-12-17-13-15-18(16-14-17)22(19,20)21;1-4-5-6-7-8-9-10-11-12-13-15-18(2,3)16-14-17/h13-16H,2-12H2,1H3,(H,19,20,21);4-13,15-16H2,1-3H3/q;+1/p-1. The molecule has 0 N–H and O–H groups in total. The van der Waals surface area contributed by atoms with Gasteiger partial charge in [-0.2, -0.15) is 5.26 Å². The zero-order valence-electron chi connectivity index (χ0n) is 26.6. The summed E-state index contributed by atoms with van der Waals surface area (Å²) >= 11 is 0. The van der Waals surface area contributed by atoms with Crippen molar-refractivity contribution in [2.75, 3.05) is 27.2 Å². The molecule has 1 aromatic carbocycles. The molecule has 232 valence electrons. The highest BCUT2D eigenvalue weighted by atomic mass is 32.2. The van der Waals surface area contributed by atoms with Crippen molar-refractivity contribution in [2.45, 2.75) is 154 Å². The molecule has 0 amide bonds. The largest absolute Gasteiger partial charge is 0.744 e. The van der Waals surface area contributed by atoms with Gasteiger partial charge in [-0.3, -0.25) is 0 Å². The van der Waals surface area contributed by atoms with Crippen LogP contribution in [0.5, 0.6) is 0 Å². The third kappa shape index (κ3) is 24.4. The Balaban J connectivity index is 0.000000778. The van der Waals surface area contributed by atoms with Crippen LogP contribution >= 0.6 is 0 Å². The molecule has 0 saturated carbocycles. The second kappa shape index (κ2) is 25.3. The third-order valence-corrected chi connectivity index (χ3v) is 8.50. The number of aryl methyl sites for hydroxylation is 1. The van der Waals surface area contributed by atoms with Crippen LogP contribution in [0.2, 0.25) is 0 Å². The number of quaternary nitrogens is 1. The monoisotopic (exact) mass is 578 g/mol. The van der Waals surface area contributed by atoms with E-state index in [1.807, 2.05) is 0 Å². The highest BCUT2D eigenvalue weighted by Crippen LogP contribution is 2.15. The molecule has 0 aromatic heterocycles. The summed E-state index contributed by atoms with van der Waals surface area (Å²) in [5.74, 6) is 0. The molecule has 6 heteroatoms. The average Bonchev–Trinajstić information content (AvgIpc) is 2.91. The molecule has 0 fully saturated rings. The molecule has 0 saturated heterocycles. The number of hydrogen-bond donors (Lipinski definition) is 0. The van der Waals surface area contributed by atoms with Crippen LogP contribution in [-0.4, -0.2) is 44.6 Å². The van der Waals surface area contributed by atoms with Crippen molar-refractivity contribution >= 4 is 10.1 Å². The van der Waals surface area contributed by atoms with Crippen LogP contribution in [0.1, 0.15) is 148 Å². The SMILES string of the molecule is CCCCCCCCCCCC[N+](C)(C)CC#N.CCCCCCCCCCCCc1ccc(S(=O)(=O)[O-])cc1. The van der Waals surface area contributed by atoms with Crippen molar-refractivity contribution in [2.24, 2.45) is 0 Å². The number of rotatable bonds is 24. The van der Waals surface area contributed by atoms with E-state index in [4.69, 9.17) is 5.26 Å². The molecule has 0 aliphatic rings. The first-order valence-electron chi connectivity index (χ1n) is 16.4. The summed E-state index contributed by atoms with van der Waals surface area (Å²) in [5, 5.41) is 8.70. The van der Waals surface area contributed by atoms with Gasteiger partial charge in [-0.15, -0.1) is 0 Å². The molecule has 40 heavy (non-hydrogen) atoms. The van der Waals surface area contributed by atoms with Crippen LogP contribution in [-0.2, 0) is 16.5 Å². The van der Waals surface area contributed by atoms with Crippen molar-refractivity contribution in [3.8, 4) is 6.07 Å². The molecule has 0 bridgehead atoms. The molecule has 1 rings (SSSR count). The lowest BCUT2D eigenvalue weighted by Crippen LogP contribution is -2.40. The molecular weight excluding hydrogens is 516 g/mol. The fourth-order valence-corrected chi connectivity index (χ4v) is 5.41. The zero-order valence-corrected chi connectivity index (χ0v) is 27.4. The fourth-order valence-electron chi connectivity index (χ4n) is 4.94. The van der Waals surface area contributed by atoms with E-state index >= 15 is 0 Å². The highest BCUT2D eigenvalue weighted by molar-refractivity contribution is 7.85. The predicted molar refractivity (Wildman–Crippen MR) is 169 cm³/mol. The third-order valence-electron chi connectivity index (χ3n) is 7.65. The van der Waals surface area contributed by atoms with Gasteiger partial charge >= 0.3 is 0 Å². The molecule has 0 unspecified atom stereocenters. The Bertz CT molecular complexity index is 845. The lowest BCUT2D eigenvalue weighted by atomic mass is 10.0. The van der Waals surface area contributed by atoms with Crippen molar-refractivity contribution in [1.29, 1.82) is 5.26 Å². The second-order valence-corrected chi connectivity index (χ2v) is 13.6. The number of nitriles is 1. The van der Waals surface area contributed by atoms with Gasteiger partial charge in [0.2, 0.25) is 0 Å². The summed E-state index contributed by atoms with van der Waals surface area (Å²) < 4.78 is 33.4. The van der Waals surface area contributed by atoms with Crippen LogP contribution in [0.15, 0.2) is 29.2 Å². The summed E-state index contributed by atoms with van der Waals surface area (Å²) in [7, 11) is -0.0142. The topological polar surface area (TPSA) is 81.0 Å². The molecule has 0 heterocycles. The molecule has 0 spiro atoms. The van der Waals surface area contributed by atoms with Gasteiger partial charge in [0.05, 0.1) is 25.5 Å². The summed E-state index contributed by atoms with van der Waals surface area (Å²) in [4.78, 5) is -0.140. The Labute approximate surface area is 249 Å². The van der Waals surface area contributed by atoms with Gasteiger partial charge in [-0.05, 0) is 43.4 Å². The first-order valence-corrected chi connectivity index (χ1v) is 17.8. The first kappa shape index (κ1) is 38.6. The van der Waals surface area contributed by atoms with Crippen molar-refractivity contribution < 1.29 is 17.5 Å². The smallest absolute Gasteiger partial charge is 0.166 e. The van der Waals surface area contributed by atoms with Gasteiger partial charge in [-0.25, -0.2) is 8.42 Å². The van der Waals surface area contributed by atoms with Gasteiger partial charge in [0, 0.05) is 0 Å². The minimum atomic E-state index is -4.31. The predicted octanol–water partition coefficient (Wildman–Crippen LogP) is 9.56. The lowest BCUT2D eigenvalue weighted by Gasteiger charge is -2.26. The Hall–Kier alpha value is -1.42. The number of nitrogens with zero attached hydrogens (tertiary/aromatic N) is 2. The Kier molecular flexibility index (Phi) is 24.4. The van der Waals surface area contributed by atoms with Gasteiger partial charge < -0.3 is 9.04 Å². The van der Waals surface area contributed by atoms with Crippen molar-refractivity contribution in [1.82, 2.24) is 0 Å². The summed E-state index contributed by atoms with van der Waals surface area (Å²) in [6, 6.07) is 8.58. The fraction of sp³-hybridized carbons (Fsp3) is 0.794. The Morgan fingerprint density at radius 2 is 1.02 bits per heavy atom. The van der Waals surface area contributed by atoms with E-state index in [9.17, 15) is 13.0 Å². The maximum absolute atomic E-state index is 10.8. The van der Waals surface area contributed by atoms with Crippen LogP contribution in [0.3, 0.4) is 0 Å². The maximum Gasteiger partial charge on any atom is 0.166 e. The Morgan fingerprint density at radius 3 is 1.40 bits per heavy atom. The average molecular weight is 579 g/mol. The van der Waals surface area contributed by atoms with Crippen molar-refractivity contribution in [3.63, 3.8) is 0 Å². The van der Waals surface area contributed by atoms with E-state index in [1.54, 1.807) is 12.1 Å². The lowest BCUT2D eigenvalue weighted by molar-refractivity contribution is -0.883. The minimum absolute atomic E-state index is 0.140. The van der Waals surface area contributed by atoms with Gasteiger partial charge in [-0.1, -0.05) is 135 Å². The van der Waals surface area contributed by atoms with E-state index in [0.29, 0.717) is 6.54 Å². The van der Waals surface area contributed by atoms with Crippen molar-refractivity contribution in [3.05, 3.63) is 29.8 Å². The summed E-state index contributed by atoms with van der Waals surface area (Å²) in [6.45, 7) is 6.29. The van der Waals surface area contributed by atoms with E-state index < -0.39 is 10.1 Å². The van der Waals surface area contributed by atoms with Crippen LogP contribution in [0.25, 0.3) is 0 Å². The van der Waals surface area contributed by atoms with E-state index in [-0.39, 0.29) is 4.90 Å². The molecular formula is C34H62N2O3S. The van der Waals surface area contributed by atoms with Crippen LogP contribution < -0.4 is 0 Å². The molecule has 1 aromatic rings. The molecule has 0 atom stereocenters. The molecule has 5 nitrogen and oxygen atoms in total. The van der Waals surface area contributed by atoms with E-state index in [2.05, 4.69) is 34.0 Å². The number of unbranched alkanes of at least 4 members (excludes halogenated alkanes) is 18. The van der Waals surface area contributed by atoms with E-state index in [0.717, 1.165) is 29.4 Å². The maximum atomic E-state index is 10.8. The van der Waals surface area contributed by atoms with Gasteiger partial charge in [0.1, 0.15) is 16.2 Å². The van der Waals surface area contributed by atoms with Gasteiger partial charge in [0.15, 0.2) is 6.54 Å². The molecule has 0 radical (unpaired) electrons. The van der Waals surface area contributed by atoms with Crippen LogP contribution in [0, 0.1) is 11.3 Å². The minimum Gasteiger partial charge on any atom is -0.744 e. The number of hydrogen-bond acceptors (Lipinski definition) is 4. The summed E-state index contributed by atoms with van der Waals surface area (Å²) in [5.41, 5.74) is 1.10. The highest BCUT2D eigenvalue weighted by Gasteiger charge is 2.12. The zero-order chi connectivity index (χ0) is 30.0. The van der Waals surface area contributed by atoms with Gasteiger partial charge in [0.25, 0.3) is 0 Å². The quantitative estimate of drug-likeness (QED) is 0.0529. The second-order valence-electron chi connectivity index (χ2n) is 12.2. The Morgan fingerprint density at radius 1 is 0.650 bits per heavy atom. The molecule has 0 aliphatic carbocycles. The van der Waals surface area contributed by atoms with E-state index in [1.165, 1.54) is 134 Å². The molecule has 0 aliphatic heterocycles. The normalized spacial score (nSPS) is 11.6. The number of benzene rings is 1.